The molecule has 2 amide bonds. The van der Waals surface area contributed by atoms with Gasteiger partial charge in [0.15, 0.2) is 0 Å². The Morgan fingerprint density at radius 1 is 0.968 bits per heavy atom. The Kier molecular flexibility index (Phi) is 6.67. The molecule has 0 bridgehead atoms. The molecule has 2 aliphatic heterocycles. The summed E-state index contributed by atoms with van der Waals surface area (Å²) in [7, 11) is 0. The summed E-state index contributed by atoms with van der Waals surface area (Å²) in [4.78, 5) is 31.4. The normalized spacial score (nSPS) is 20.1. The van der Waals surface area contributed by atoms with Crippen LogP contribution in [0.1, 0.15) is 25.3 Å². The smallest absolute Gasteiger partial charge is 0.251 e. The van der Waals surface area contributed by atoms with E-state index in [0.717, 1.165) is 38.3 Å². The quantitative estimate of drug-likeness (QED) is 0.644. The second-order valence-corrected chi connectivity index (χ2v) is 7.93. The fraction of sp³-hybridized carbons (Fsp3) is 0.360. The van der Waals surface area contributed by atoms with Gasteiger partial charge in [-0.05, 0) is 48.5 Å². The Morgan fingerprint density at radius 3 is 2.35 bits per heavy atom. The third-order valence-corrected chi connectivity index (χ3v) is 5.76. The van der Waals surface area contributed by atoms with Gasteiger partial charge in [-0.1, -0.05) is 37.3 Å². The summed E-state index contributed by atoms with van der Waals surface area (Å²) >= 11 is 0. The van der Waals surface area contributed by atoms with Crippen LogP contribution in [-0.4, -0.2) is 60.4 Å². The lowest BCUT2D eigenvalue weighted by Crippen LogP contribution is -2.51. The molecule has 0 unspecified atom stereocenters. The molecule has 0 aromatic heterocycles. The number of nitrogens with zero attached hydrogens (tertiary/aromatic N) is 3. The van der Waals surface area contributed by atoms with Crippen molar-refractivity contribution >= 4 is 23.6 Å². The summed E-state index contributed by atoms with van der Waals surface area (Å²) in [5.41, 5.74) is 1.79. The topological polar surface area (TPSA) is 53.1 Å². The number of rotatable bonds is 7. The highest BCUT2D eigenvalue weighted by Gasteiger charge is 2.43. The van der Waals surface area contributed by atoms with Crippen LogP contribution in [0.25, 0.3) is 6.08 Å². The second kappa shape index (κ2) is 9.79. The number of piperazine rings is 1. The number of carbonyl (C=O) groups excluding carboxylic acids is 2. The first kappa shape index (κ1) is 21.1. The van der Waals surface area contributed by atoms with Crippen LogP contribution in [-0.2, 0) is 9.59 Å². The van der Waals surface area contributed by atoms with Gasteiger partial charge in [0, 0.05) is 26.2 Å². The van der Waals surface area contributed by atoms with Crippen LogP contribution >= 0.6 is 0 Å². The first-order valence-corrected chi connectivity index (χ1v) is 11.0. The molecule has 2 heterocycles. The van der Waals surface area contributed by atoms with Crippen LogP contribution in [0.5, 0.6) is 5.75 Å². The summed E-state index contributed by atoms with van der Waals surface area (Å²) in [6, 6.07) is 17.0. The predicted octanol–water partition coefficient (Wildman–Crippen LogP) is 3.40. The number of benzene rings is 2. The Hall–Kier alpha value is -3.12. The standard InChI is InChI=1S/C25H29N3O3/c1-2-18-31-22-10-8-21(9-11-22)28-24(29)19-23(25(28)30)27-16-14-26(15-17-27)13-12-20-6-4-3-5-7-20/h3-13,23H,2,14-19H2,1H3/b13-12+/t23-/m0/s1. The average Bonchev–Trinajstić information content (AvgIpc) is 3.11. The zero-order valence-corrected chi connectivity index (χ0v) is 17.9. The van der Waals surface area contributed by atoms with Crippen molar-refractivity contribution in [2.45, 2.75) is 25.8 Å². The fourth-order valence-corrected chi connectivity index (χ4v) is 4.04. The van der Waals surface area contributed by atoms with Crippen molar-refractivity contribution in [2.75, 3.05) is 37.7 Å². The van der Waals surface area contributed by atoms with E-state index in [9.17, 15) is 9.59 Å². The maximum atomic E-state index is 13.1. The van der Waals surface area contributed by atoms with Gasteiger partial charge in [0.05, 0.1) is 24.8 Å². The number of anilines is 1. The van der Waals surface area contributed by atoms with E-state index in [1.54, 1.807) is 12.1 Å². The van der Waals surface area contributed by atoms with E-state index in [1.807, 2.05) is 30.3 Å². The molecule has 1 atom stereocenters. The number of hydrogen-bond donors (Lipinski definition) is 0. The average molecular weight is 420 g/mol. The molecule has 0 aliphatic carbocycles. The van der Waals surface area contributed by atoms with E-state index >= 15 is 0 Å². The molecule has 0 spiro atoms. The van der Waals surface area contributed by atoms with Crippen molar-refractivity contribution in [3.63, 3.8) is 0 Å². The van der Waals surface area contributed by atoms with Crippen LogP contribution in [0.2, 0.25) is 0 Å². The molecule has 6 nitrogen and oxygen atoms in total. The van der Waals surface area contributed by atoms with Gasteiger partial charge >= 0.3 is 0 Å². The predicted molar refractivity (Wildman–Crippen MR) is 122 cm³/mol. The van der Waals surface area contributed by atoms with Crippen molar-refractivity contribution in [3.8, 4) is 5.75 Å². The van der Waals surface area contributed by atoms with Gasteiger partial charge in [-0.15, -0.1) is 0 Å². The monoisotopic (exact) mass is 419 g/mol. The van der Waals surface area contributed by atoms with Gasteiger partial charge in [-0.3, -0.25) is 14.5 Å². The van der Waals surface area contributed by atoms with E-state index in [1.165, 1.54) is 10.5 Å². The van der Waals surface area contributed by atoms with E-state index in [2.05, 4.69) is 41.1 Å². The Labute approximate surface area is 183 Å². The van der Waals surface area contributed by atoms with E-state index < -0.39 is 0 Å². The maximum Gasteiger partial charge on any atom is 0.251 e. The number of hydrogen-bond acceptors (Lipinski definition) is 5. The minimum absolute atomic E-state index is 0.125. The van der Waals surface area contributed by atoms with Crippen molar-refractivity contribution in [2.24, 2.45) is 0 Å². The molecule has 2 aromatic rings. The zero-order chi connectivity index (χ0) is 21.6. The van der Waals surface area contributed by atoms with Gasteiger partial charge in [-0.2, -0.15) is 0 Å². The molecular formula is C25H29N3O3. The Bertz CT molecular complexity index is 919. The van der Waals surface area contributed by atoms with Crippen molar-refractivity contribution in [1.29, 1.82) is 0 Å². The molecule has 2 aromatic carbocycles. The molecule has 2 fully saturated rings. The van der Waals surface area contributed by atoms with E-state index in [0.29, 0.717) is 12.3 Å². The highest BCUT2D eigenvalue weighted by Crippen LogP contribution is 2.28. The highest BCUT2D eigenvalue weighted by atomic mass is 16.5. The second-order valence-electron chi connectivity index (χ2n) is 7.93. The van der Waals surface area contributed by atoms with Crippen LogP contribution in [0.3, 0.4) is 0 Å². The van der Waals surface area contributed by atoms with Crippen LogP contribution in [0.4, 0.5) is 5.69 Å². The number of carbonyl (C=O) groups is 2. The molecule has 0 N–H and O–H groups in total. The van der Waals surface area contributed by atoms with Crippen LogP contribution < -0.4 is 9.64 Å². The van der Waals surface area contributed by atoms with Gasteiger partial charge in [-0.25, -0.2) is 4.90 Å². The molecule has 6 heteroatoms. The van der Waals surface area contributed by atoms with Gasteiger partial charge in [0.25, 0.3) is 5.91 Å². The summed E-state index contributed by atoms with van der Waals surface area (Å²) in [5.74, 6) is 0.491. The third kappa shape index (κ3) is 4.97. The first-order valence-electron chi connectivity index (χ1n) is 11.0. The molecule has 0 radical (unpaired) electrons. The van der Waals surface area contributed by atoms with E-state index in [-0.39, 0.29) is 24.3 Å². The summed E-state index contributed by atoms with van der Waals surface area (Å²) in [5, 5.41) is 0. The van der Waals surface area contributed by atoms with Gasteiger partial charge in [0.1, 0.15) is 5.75 Å². The van der Waals surface area contributed by atoms with Crippen molar-refractivity contribution in [1.82, 2.24) is 9.80 Å². The van der Waals surface area contributed by atoms with Crippen molar-refractivity contribution in [3.05, 3.63) is 66.4 Å². The lowest BCUT2D eigenvalue weighted by molar-refractivity contribution is -0.123. The lowest BCUT2D eigenvalue weighted by atomic mass is 10.1. The van der Waals surface area contributed by atoms with Gasteiger partial charge < -0.3 is 9.64 Å². The third-order valence-electron chi connectivity index (χ3n) is 5.76. The molecular weight excluding hydrogens is 390 g/mol. The van der Waals surface area contributed by atoms with E-state index in [4.69, 9.17) is 4.74 Å². The molecule has 162 valence electrons. The van der Waals surface area contributed by atoms with Crippen LogP contribution in [0.15, 0.2) is 60.8 Å². The minimum Gasteiger partial charge on any atom is -0.494 e. The minimum atomic E-state index is -0.372. The Morgan fingerprint density at radius 2 is 1.68 bits per heavy atom. The lowest BCUT2D eigenvalue weighted by Gasteiger charge is -2.36. The first-order chi connectivity index (χ1) is 15.2. The maximum absolute atomic E-state index is 13.1. The molecule has 31 heavy (non-hydrogen) atoms. The zero-order valence-electron chi connectivity index (χ0n) is 17.9. The molecule has 2 aliphatic rings. The largest absolute Gasteiger partial charge is 0.494 e. The number of amides is 2. The summed E-state index contributed by atoms with van der Waals surface area (Å²) in [6.45, 7) is 5.90. The highest BCUT2D eigenvalue weighted by molar-refractivity contribution is 6.22. The fourth-order valence-electron chi connectivity index (χ4n) is 4.04. The number of imide groups is 1. The molecule has 2 saturated heterocycles. The summed E-state index contributed by atoms with van der Waals surface area (Å²) < 4.78 is 5.59. The number of ether oxygens (including phenoxy) is 1. The summed E-state index contributed by atoms with van der Waals surface area (Å²) in [6.07, 6.45) is 5.40. The molecule has 4 rings (SSSR count). The SMILES string of the molecule is CCCOc1ccc(N2C(=O)C[C@H](N3CCN(/C=C/c4ccccc4)CC3)C2=O)cc1. The Balaban J connectivity index is 1.34. The van der Waals surface area contributed by atoms with Crippen molar-refractivity contribution < 1.29 is 14.3 Å². The van der Waals surface area contributed by atoms with Crippen LogP contribution in [0, 0.1) is 0 Å². The molecule has 0 saturated carbocycles. The van der Waals surface area contributed by atoms with Gasteiger partial charge in [0.2, 0.25) is 5.91 Å².